The Morgan fingerprint density at radius 3 is 2.56 bits per heavy atom. The lowest BCUT2D eigenvalue weighted by Crippen LogP contribution is -2.61. The first-order valence-electron chi connectivity index (χ1n) is 6.75. The van der Waals surface area contributed by atoms with Crippen LogP contribution in [0.4, 0.5) is 0 Å². The van der Waals surface area contributed by atoms with Crippen LogP contribution in [-0.2, 0) is 9.47 Å². The Hall–Kier alpha value is -0.120. The lowest BCUT2D eigenvalue weighted by Gasteiger charge is -2.50. The van der Waals surface area contributed by atoms with E-state index in [1.165, 1.54) is 25.7 Å². The van der Waals surface area contributed by atoms with Gasteiger partial charge in [-0.15, -0.1) is 0 Å². The van der Waals surface area contributed by atoms with Crippen LogP contribution in [0, 0.1) is 0 Å². The first kappa shape index (κ1) is 11.0. The second-order valence-corrected chi connectivity index (χ2v) is 5.91. The molecule has 0 bridgehead atoms. The predicted octanol–water partition coefficient (Wildman–Crippen LogP) is 1.86. The highest BCUT2D eigenvalue weighted by molar-refractivity contribution is 5.00. The van der Waals surface area contributed by atoms with Gasteiger partial charge in [0.25, 0.3) is 0 Å². The monoisotopic (exact) mass is 225 g/mol. The molecule has 16 heavy (non-hydrogen) atoms. The van der Waals surface area contributed by atoms with Gasteiger partial charge in [0.1, 0.15) is 0 Å². The minimum atomic E-state index is 0.0697. The number of hydrogen-bond acceptors (Lipinski definition) is 3. The Bertz CT molecular complexity index is 259. The van der Waals surface area contributed by atoms with Gasteiger partial charge in [0.2, 0.25) is 0 Å². The maximum Gasteiger partial charge on any atom is 0.0860 e. The van der Waals surface area contributed by atoms with Gasteiger partial charge < -0.3 is 14.8 Å². The van der Waals surface area contributed by atoms with E-state index >= 15 is 0 Å². The third kappa shape index (κ3) is 1.89. The van der Waals surface area contributed by atoms with Crippen LogP contribution in [0.2, 0.25) is 0 Å². The second kappa shape index (κ2) is 3.97. The van der Waals surface area contributed by atoms with Gasteiger partial charge in [0, 0.05) is 32.5 Å². The molecule has 0 radical (unpaired) electrons. The normalized spacial score (nSPS) is 42.9. The van der Waals surface area contributed by atoms with Gasteiger partial charge in [-0.2, -0.15) is 0 Å². The Morgan fingerprint density at radius 1 is 1.06 bits per heavy atom. The van der Waals surface area contributed by atoms with Crippen LogP contribution in [0.5, 0.6) is 0 Å². The number of nitrogens with one attached hydrogen (secondary N) is 1. The summed E-state index contributed by atoms with van der Waals surface area (Å²) >= 11 is 0. The summed E-state index contributed by atoms with van der Waals surface area (Å²) in [5.74, 6) is 0. The number of morpholine rings is 1. The van der Waals surface area contributed by atoms with Crippen molar-refractivity contribution < 1.29 is 9.47 Å². The van der Waals surface area contributed by atoms with Crippen molar-refractivity contribution in [3.05, 3.63) is 0 Å². The molecular weight excluding hydrogens is 202 g/mol. The van der Waals surface area contributed by atoms with Crippen LogP contribution in [-0.4, -0.2) is 37.0 Å². The van der Waals surface area contributed by atoms with Crippen molar-refractivity contribution in [2.24, 2.45) is 0 Å². The molecule has 0 aromatic heterocycles. The maximum absolute atomic E-state index is 6.59. The van der Waals surface area contributed by atoms with Crippen molar-refractivity contribution in [1.29, 1.82) is 0 Å². The van der Waals surface area contributed by atoms with E-state index in [0.29, 0.717) is 6.10 Å². The van der Waals surface area contributed by atoms with Crippen molar-refractivity contribution in [3.63, 3.8) is 0 Å². The van der Waals surface area contributed by atoms with Crippen molar-refractivity contribution >= 4 is 0 Å². The first-order valence-corrected chi connectivity index (χ1v) is 6.75. The van der Waals surface area contributed by atoms with E-state index in [1.54, 1.807) is 0 Å². The molecule has 3 fully saturated rings. The van der Waals surface area contributed by atoms with Crippen LogP contribution < -0.4 is 5.32 Å². The molecule has 1 aliphatic carbocycles. The standard InChI is InChI=1S/C13H23NO2/c1-11-8-13(6-7-15-11)10-14-9-12(16-13)4-2-3-5-12/h11,14H,2-10H2,1H3. The summed E-state index contributed by atoms with van der Waals surface area (Å²) in [6.45, 7) is 5.10. The minimum Gasteiger partial charge on any atom is -0.378 e. The molecule has 3 aliphatic rings. The molecule has 3 heteroatoms. The van der Waals surface area contributed by atoms with Gasteiger partial charge in [-0.1, -0.05) is 12.8 Å². The molecule has 2 aliphatic heterocycles. The summed E-state index contributed by atoms with van der Waals surface area (Å²) in [5.41, 5.74) is 0.232. The average molecular weight is 225 g/mol. The highest BCUT2D eigenvalue weighted by Gasteiger charge is 2.48. The SMILES string of the molecule is CC1CC2(CCO1)CNCC1(CCCC1)O2. The molecule has 0 amide bonds. The summed E-state index contributed by atoms with van der Waals surface area (Å²) in [6.07, 6.45) is 7.64. The quantitative estimate of drug-likeness (QED) is 0.682. The van der Waals surface area contributed by atoms with Crippen LogP contribution in [0.15, 0.2) is 0 Å². The highest BCUT2D eigenvalue weighted by atomic mass is 16.5. The number of rotatable bonds is 0. The summed E-state index contributed by atoms with van der Waals surface area (Å²) in [7, 11) is 0. The summed E-state index contributed by atoms with van der Waals surface area (Å²) in [6, 6.07) is 0. The molecule has 92 valence electrons. The molecular formula is C13H23NO2. The second-order valence-electron chi connectivity index (χ2n) is 5.91. The fourth-order valence-corrected chi connectivity index (χ4v) is 3.73. The molecule has 2 spiro atoms. The Balaban J connectivity index is 1.75. The van der Waals surface area contributed by atoms with Gasteiger partial charge in [-0.25, -0.2) is 0 Å². The van der Waals surface area contributed by atoms with Crippen molar-refractivity contribution in [3.8, 4) is 0 Å². The fourth-order valence-electron chi connectivity index (χ4n) is 3.73. The summed E-state index contributed by atoms with van der Waals surface area (Å²) in [4.78, 5) is 0. The summed E-state index contributed by atoms with van der Waals surface area (Å²) in [5, 5.41) is 3.62. The average Bonchev–Trinajstić information content (AvgIpc) is 2.65. The third-order valence-corrected chi connectivity index (χ3v) is 4.46. The minimum absolute atomic E-state index is 0.0697. The van der Waals surface area contributed by atoms with Gasteiger partial charge in [0.15, 0.2) is 0 Å². The van der Waals surface area contributed by atoms with Gasteiger partial charge in [-0.3, -0.25) is 0 Å². The van der Waals surface area contributed by atoms with Crippen LogP contribution in [0.3, 0.4) is 0 Å². The molecule has 2 heterocycles. The molecule has 0 aromatic rings. The molecule has 2 saturated heterocycles. The fraction of sp³-hybridized carbons (Fsp3) is 1.00. The molecule has 0 aromatic carbocycles. The molecule has 1 saturated carbocycles. The van der Waals surface area contributed by atoms with E-state index in [0.717, 1.165) is 32.5 Å². The zero-order chi connectivity index (χ0) is 11.1. The Kier molecular flexibility index (Phi) is 2.73. The maximum atomic E-state index is 6.59. The van der Waals surface area contributed by atoms with Crippen molar-refractivity contribution in [2.75, 3.05) is 19.7 Å². The predicted molar refractivity (Wildman–Crippen MR) is 62.5 cm³/mol. The number of hydrogen-bond donors (Lipinski definition) is 1. The Labute approximate surface area is 97.9 Å². The van der Waals surface area contributed by atoms with Crippen molar-refractivity contribution in [2.45, 2.75) is 62.8 Å². The number of ether oxygens (including phenoxy) is 2. The first-order chi connectivity index (χ1) is 7.72. The van der Waals surface area contributed by atoms with Crippen molar-refractivity contribution in [1.82, 2.24) is 5.32 Å². The van der Waals surface area contributed by atoms with E-state index in [9.17, 15) is 0 Å². The Morgan fingerprint density at radius 2 is 1.81 bits per heavy atom. The van der Waals surface area contributed by atoms with Crippen LogP contribution >= 0.6 is 0 Å². The smallest absolute Gasteiger partial charge is 0.0860 e. The molecule has 3 nitrogen and oxygen atoms in total. The zero-order valence-corrected chi connectivity index (χ0v) is 10.3. The van der Waals surface area contributed by atoms with E-state index in [2.05, 4.69) is 12.2 Å². The van der Waals surface area contributed by atoms with Gasteiger partial charge in [-0.05, 0) is 19.8 Å². The molecule has 1 N–H and O–H groups in total. The van der Waals surface area contributed by atoms with Gasteiger partial charge in [0.05, 0.1) is 17.3 Å². The largest absolute Gasteiger partial charge is 0.378 e. The van der Waals surface area contributed by atoms with E-state index in [1.807, 2.05) is 0 Å². The molecule has 3 rings (SSSR count). The third-order valence-electron chi connectivity index (χ3n) is 4.46. The lowest BCUT2D eigenvalue weighted by atomic mass is 9.86. The molecule has 2 atom stereocenters. The van der Waals surface area contributed by atoms with Crippen LogP contribution in [0.25, 0.3) is 0 Å². The lowest BCUT2D eigenvalue weighted by molar-refractivity contribution is -0.215. The topological polar surface area (TPSA) is 30.5 Å². The van der Waals surface area contributed by atoms with Crippen LogP contribution in [0.1, 0.15) is 45.4 Å². The van der Waals surface area contributed by atoms with E-state index in [4.69, 9.17) is 9.47 Å². The van der Waals surface area contributed by atoms with Gasteiger partial charge >= 0.3 is 0 Å². The zero-order valence-electron chi connectivity index (χ0n) is 10.3. The summed E-state index contributed by atoms with van der Waals surface area (Å²) < 4.78 is 12.2. The molecule has 2 unspecified atom stereocenters. The van der Waals surface area contributed by atoms with E-state index < -0.39 is 0 Å². The van der Waals surface area contributed by atoms with E-state index in [-0.39, 0.29) is 11.2 Å². The highest BCUT2D eigenvalue weighted by Crippen LogP contribution is 2.42.